The van der Waals surface area contributed by atoms with E-state index in [1.807, 2.05) is 43.3 Å². The average Bonchev–Trinajstić information content (AvgIpc) is 3.09. The van der Waals surface area contributed by atoms with Crippen LogP contribution in [0.2, 0.25) is 0 Å². The average molecular weight is 363 g/mol. The van der Waals surface area contributed by atoms with Gasteiger partial charge in [-0.05, 0) is 42.3 Å². The van der Waals surface area contributed by atoms with Crippen LogP contribution in [0.4, 0.5) is 11.5 Å². The maximum atomic E-state index is 10.2. The van der Waals surface area contributed by atoms with E-state index in [0.29, 0.717) is 11.5 Å². The summed E-state index contributed by atoms with van der Waals surface area (Å²) in [5.74, 6) is 1.67. The van der Waals surface area contributed by atoms with Gasteiger partial charge in [0.1, 0.15) is 28.5 Å². The van der Waals surface area contributed by atoms with Gasteiger partial charge in [-0.3, -0.25) is 0 Å². The van der Waals surface area contributed by atoms with Crippen LogP contribution in [0.15, 0.2) is 54.2 Å². The lowest BCUT2D eigenvalue weighted by molar-refractivity contribution is 0.415. The number of hydrogen-bond donors (Lipinski definition) is 2. The standard InChI is InChI=1S/C20H17N3O2S/c1-12-3-8-16(17(24)9-12)23-19-18-15(10-26-20(18)22-11-21-19)13-4-6-14(25-2)7-5-13/h3-11,24H,1-2H3,(H,21,22,23). The maximum absolute atomic E-state index is 10.2. The van der Waals surface area contributed by atoms with Crippen molar-refractivity contribution in [2.75, 3.05) is 12.4 Å². The molecule has 0 saturated heterocycles. The normalized spacial score (nSPS) is 10.8. The third-order valence-electron chi connectivity index (χ3n) is 4.18. The zero-order valence-corrected chi connectivity index (χ0v) is 15.2. The van der Waals surface area contributed by atoms with Crippen LogP contribution in [-0.2, 0) is 0 Å². The molecule has 2 heterocycles. The molecule has 2 aromatic heterocycles. The minimum absolute atomic E-state index is 0.193. The summed E-state index contributed by atoms with van der Waals surface area (Å²) in [6.07, 6.45) is 1.53. The number of nitrogens with zero attached hydrogens (tertiary/aromatic N) is 2. The Morgan fingerprint density at radius 3 is 2.62 bits per heavy atom. The quantitative estimate of drug-likeness (QED) is 0.492. The minimum Gasteiger partial charge on any atom is -0.506 e. The first-order valence-corrected chi connectivity index (χ1v) is 8.97. The van der Waals surface area contributed by atoms with Crippen molar-refractivity contribution in [2.45, 2.75) is 6.92 Å². The zero-order chi connectivity index (χ0) is 18.1. The molecular formula is C20H17N3O2S. The summed E-state index contributed by atoms with van der Waals surface area (Å²) < 4.78 is 5.24. The highest BCUT2D eigenvalue weighted by Gasteiger charge is 2.14. The third-order valence-corrected chi connectivity index (χ3v) is 5.06. The third kappa shape index (κ3) is 2.95. The van der Waals surface area contributed by atoms with Crippen molar-refractivity contribution in [2.24, 2.45) is 0 Å². The molecule has 0 saturated carbocycles. The van der Waals surface area contributed by atoms with Crippen LogP contribution < -0.4 is 10.1 Å². The molecular weight excluding hydrogens is 346 g/mol. The van der Waals surface area contributed by atoms with Crippen LogP contribution in [0.5, 0.6) is 11.5 Å². The highest BCUT2D eigenvalue weighted by molar-refractivity contribution is 7.17. The number of anilines is 2. The number of fused-ring (bicyclic) bond motifs is 1. The number of hydrogen-bond acceptors (Lipinski definition) is 6. The van der Waals surface area contributed by atoms with Gasteiger partial charge < -0.3 is 15.2 Å². The number of methoxy groups -OCH3 is 1. The van der Waals surface area contributed by atoms with Crippen molar-refractivity contribution in [1.82, 2.24) is 9.97 Å². The summed E-state index contributed by atoms with van der Waals surface area (Å²) in [6.45, 7) is 1.94. The minimum atomic E-state index is 0.193. The fraction of sp³-hybridized carbons (Fsp3) is 0.100. The van der Waals surface area contributed by atoms with Gasteiger partial charge in [0, 0.05) is 10.9 Å². The van der Waals surface area contributed by atoms with Crippen LogP contribution in [0.1, 0.15) is 5.56 Å². The molecule has 0 unspecified atom stereocenters. The molecule has 6 heteroatoms. The van der Waals surface area contributed by atoms with E-state index in [1.165, 1.54) is 6.33 Å². The number of rotatable bonds is 4. The molecule has 0 aliphatic rings. The summed E-state index contributed by atoms with van der Waals surface area (Å²) >= 11 is 1.57. The summed E-state index contributed by atoms with van der Waals surface area (Å²) in [6, 6.07) is 13.4. The molecule has 0 atom stereocenters. The van der Waals surface area contributed by atoms with E-state index in [0.717, 1.165) is 32.7 Å². The lowest BCUT2D eigenvalue weighted by Gasteiger charge is -2.10. The second-order valence-electron chi connectivity index (χ2n) is 5.93. The number of aromatic nitrogens is 2. The van der Waals surface area contributed by atoms with E-state index < -0.39 is 0 Å². The molecule has 26 heavy (non-hydrogen) atoms. The molecule has 130 valence electrons. The second kappa shape index (κ2) is 6.65. The predicted octanol–water partition coefficient (Wildman–Crippen LogP) is 5.12. The largest absolute Gasteiger partial charge is 0.506 e. The van der Waals surface area contributed by atoms with Gasteiger partial charge in [-0.1, -0.05) is 18.2 Å². The number of benzene rings is 2. The summed E-state index contributed by atoms with van der Waals surface area (Å²) in [5, 5.41) is 16.4. The number of phenols is 1. The summed E-state index contributed by atoms with van der Waals surface area (Å²) in [4.78, 5) is 9.68. The molecule has 0 spiro atoms. The number of nitrogens with one attached hydrogen (secondary N) is 1. The number of thiophene rings is 1. The van der Waals surface area contributed by atoms with Crippen LogP contribution in [-0.4, -0.2) is 22.2 Å². The Bertz CT molecular complexity index is 1070. The molecule has 2 N–H and O–H groups in total. The smallest absolute Gasteiger partial charge is 0.143 e. The molecule has 2 aromatic carbocycles. The van der Waals surface area contributed by atoms with Gasteiger partial charge in [0.25, 0.3) is 0 Å². The Balaban J connectivity index is 1.81. The van der Waals surface area contributed by atoms with Crippen molar-refractivity contribution in [3.8, 4) is 22.6 Å². The SMILES string of the molecule is COc1ccc(-c2csc3ncnc(Nc4ccc(C)cc4O)c23)cc1. The Morgan fingerprint density at radius 2 is 1.88 bits per heavy atom. The molecule has 4 aromatic rings. The summed E-state index contributed by atoms with van der Waals surface area (Å²) in [7, 11) is 1.65. The Kier molecular flexibility index (Phi) is 4.18. The van der Waals surface area contributed by atoms with Gasteiger partial charge >= 0.3 is 0 Å². The molecule has 0 aliphatic heterocycles. The van der Waals surface area contributed by atoms with Crippen molar-refractivity contribution in [3.05, 3.63) is 59.7 Å². The number of phenolic OH excluding ortho intramolecular Hbond substituents is 1. The number of aromatic hydroxyl groups is 1. The van der Waals surface area contributed by atoms with Crippen LogP contribution in [0, 0.1) is 6.92 Å². The fourth-order valence-electron chi connectivity index (χ4n) is 2.83. The lowest BCUT2D eigenvalue weighted by Crippen LogP contribution is -1.96. The second-order valence-corrected chi connectivity index (χ2v) is 6.78. The van der Waals surface area contributed by atoms with E-state index >= 15 is 0 Å². The van der Waals surface area contributed by atoms with Gasteiger partial charge in [-0.25, -0.2) is 9.97 Å². The Hall–Kier alpha value is -3.12. The van der Waals surface area contributed by atoms with Crippen molar-refractivity contribution in [3.63, 3.8) is 0 Å². The van der Waals surface area contributed by atoms with E-state index in [2.05, 4.69) is 20.7 Å². The van der Waals surface area contributed by atoms with Crippen molar-refractivity contribution < 1.29 is 9.84 Å². The first-order valence-electron chi connectivity index (χ1n) is 8.09. The van der Waals surface area contributed by atoms with E-state index in [4.69, 9.17) is 4.74 Å². The van der Waals surface area contributed by atoms with E-state index in [1.54, 1.807) is 24.5 Å². The molecule has 0 aliphatic carbocycles. The monoisotopic (exact) mass is 363 g/mol. The first kappa shape index (κ1) is 16.4. The van der Waals surface area contributed by atoms with Gasteiger partial charge in [-0.2, -0.15) is 0 Å². The topological polar surface area (TPSA) is 67.3 Å². The molecule has 4 rings (SSSR count). The maximum Gasteiger partial charge on any atom is 0.143 e. The molecule has 0 fully saturated rings. The van der Waals surface area contributed by atoms with Gasteiger partial charge in [-0.15, -0.1) is 11.3 Å². The molecule has 0 bridgehead atoms. The van der Waals surface area contributed by atoms with E-state index in [9.17, 15) is 5.11 Å². The van der Waals surface area contributed by atoms with Gasteiger partial charge in [0.05, 0.1) is 18.2 Å². The Labute approximate surface area is 154 Å². The van der Waals surface area contributed by atoms with Crippen molar-refractivity contribution >= 4 is 33.1 Å². The predicted molar refractivity (Wildman–Crippen MR) is 106 cm³/mol. The van der Waals surface area contributed by atoms with Gasteiger partial charge in [0.2, 0.25) is 0 Å². The highest BCUT2D eigenvalue weighted by Crippen LogP contribution is 2.38. The van der Waals surface area contributed by atoms with Crippen LogP contribution in [0.3, 0.4) is 0 Å². The highest BCUT2D eigenvalue weighted by atomic mass is 32.1. The number of ether oxygens (including phenoxy) is 1. The zero-order valence-electron chi connectivity index (χ0n) is 14.4. The van der Waals surface area contributed by atoms with Crippen molar-refractivity contribution in [1.29, 1.82) is 0 Å². The number of aryl methyl sites for hydroxylation is 1. The lowest BCUT2D eigenvalue weighted by atomic mass is 10.1. The Morgan fingerprint density at radius 1 is 1.08 bits per heavy atom. The van der Waals surface area contributed by atoms with E-state index in [-0.39, 0.29) is 5.75 Å². The summed E-state index contributed by atoms with van der Waals surface area (Å²) in [5.41, 5.74) is 3.71. The molecule has 0 radical (unpaired) electrons. The molecule has 0 amide bonds. The van der Waals surface area contributed by atoms with Crippen LogP contribution >= 0.6 is 11.3 Å². The van der Waals surface area contributed by atoms with Crippen LogP contribution in [0.25, 0.3) is 21.3 Å². The van der Waals surface area contributed by atoms with Gasteiger partial charge in [0.15, 0.2) is 0 Å². The molecule has 5 nitrogen and oxygen atoms in total. The fourth-order valence-corrected chi connectivity index (χ4v) is 3.74. The first-order chi connectivity index (χ1) is 12.7.